The first-order chi connectivity index (χ1) is 9.26. The highest BCUT2D eigenvalue weighted by atomic mass is 16.5. The van der Waals surface area contributed by atoms with Crippen LogP contribution in [0.2, 0.25) is 0 Å². The van der Waals surface area contributed by atoms with Crippen molar-refractivity contribution < 1.29 is 18.9 Å². The fourth-order valence-electron chi connectivity index (χ4n) is 3.33. The number of fused-ring (bicyclic) bond motifs is 5. The summed E-state index contributed by atoms with van der Waals surface area (Å²) < 4.78 is 22.1. The van der Waals surface area contributed by atoms with E-state index in [4.69, 9.17) is 18.9 Å². The van der Waals surface area contributed by atoms with E-state index in [1.807, 2.05) is 0 Å². The van der Waals surface area contributed by atoms with Gasteiger partial charge in [-0.3, -0.25) is 0 Å². The van der Waals surface area contributed by atoms with E-state index in [1.165, 1.54) is 11.1 Å². The number of ether oxygens (including phenoxy) is 4. The quantitative estimate of drug-likeness (QED) is 0.782. The van der Waals surface area contributed by atoms with Crippen molar-refractivity contribution in [2.24, 2.45) is 0 Å². The highest BCUT2D eigenvalue weighted by molar-refractivity contribution is 5.72. The average Bonchev–Trinajstić information content (AvgIpc) is 3.05. The van der Waals surface area contributed by atoms with E-state index in [9.17, 15) is 0 Å². The van der Waals surface area contributed by atoms with Crippen LogP contribution in [-0.4, -0.2) is 28.4 Å². The normalized spacial score (nSPS) is 22.3. The largest absolute Gasteiger partial charge is 0.492 e. The van der Waals surface area contributed by atoms with Crippen LogP contribution in [0.25, 0.3) is 0 Å². The second-order valence-electron chi connectivity index (χ2n) is 4.79. The smallest absolute Gasteiger partial charge is 0.207 e. The van der Waals surface area contributed by atoms with Gasteiger partial charge in [-0.05, 0) is 6.42 Å². The first kappa shape index (κ1) is 12.2. The average molecular weight is 262 g/mol. The summed E-state index contributed by atoms with van der Waals surface area (Å²) in [5, 5.41) is 0. The topological polar surface area (TPSA) is 36.9 Å². The predicted octanol–water partition coefficient (Wildman–Crippen LogP) is 2.86. The molecule has 0 spiro atoms. The lowest BCUT2D eigenvalue weighted by Gasteiger charge is -2.23. The Hall–Kier alpha value is -1.84. The summed E-state index contributed by atoms with van der Waals surface area (Å²) in [4.78, 5) is 0. The highest BCUT2D eigenvalue weighted by Crippen LogP contribution is 2.61. The molecule has 4 heteroatoms. The molecule has 19 heavy (non-hydrogen) atoms. The Morgan fingerprint density at radius 1 is 0.684 bits per heavy atom. The summed E-state index contributed by atoms with van der Waals surface area (Å²) in [6.07, 6.45) is 5.56. The van der Waals surface area contributed by atoms with E-state index in [0.29, 0.717) is 23.3 Å². The van der Waals surface area contributed by atoms with Gasteiger partial charge < -0.3 is 18.9 Å². The Kier molecular flexibility index (Phi) is 2.81. The highest BCUT2D eigenvalue weighted by Gasteiger charge is 2.41. The molecule has 0 aliphatic heterocycles. The van der Waals surface area contributed by atoms with Crippen LogP contribution in [0.15, 0.2) is 12.2 Å². The summed E-state index contributed by atoms with van der Waals surface area (Å²) in [6.45, 7) is 0. The molecule has 0 aromatic heterocycles. The first-order valence-corrected chi connectivity index (χ1v) is 6.34. The molecular weight excluding hydrogens is 244 g/mol. The molecule has 3 rings (SSSR count). The number of allylic oxidation sites excluding steroid dienone is 2. The molecule has 4 nitrogen and oxygen atoms in total. The van der Waals surface area contributed by atoms with Gasteiger partial charge in [-0.2, -0.15) is 0 Å². The molecule has 0 amide bonds. The van der Waals surface area contributed by atoms with Crippen LogP contribution in [-0.2, 0) is 0 Å². The van der Waals surface area contributed by atoms with Gasteiger partial charge in [-0.25, -0.2) is 0 Å². The molecule has 2 atom stereocenters. The van der Waals surface area contributed by atoms with Gasteiger partial charge in [0.2, 0.25) is 11.5 Å². The maximum Gasteiger partial charge on any atom is 0.207 e. The third kappa shape index (κ3) is 1.46. The van der Waals surface area contributed by atoms with Gasteiger partial charge in [-0.1, -0.05) is 12.2 Å². The Balaban J connectivity index is 2.34. The number of hydrogen-bond acceptors (Lipinski definition) is 4. The summed E-state index contributed by atoms with van der Waals surface area (Å²) in [5.41, 5.74) is 2.37. The van der Waals surface area contributed by atoms with Crippen molar-refractivity contribution in [3.05, 3.63) is 23.3 Å². The third-order valence-corrected chi connectivity index (χ3v) is 4.04. The van der Waals surface area contributed by atoms with Crippen molar-refractivity contribution in [3.63, 3.8) is 0 Å². The minimum atomic E-state index is 0.392. The van der Waals surface area contributed by atoms with Crippen molar-refractivity contribution in [2.45, 2.75) is 18.3 Å². The molecule has 2 bridgehead atoms. The zero-order valence-electron chi connectivity index (χ0n) is 11.6. The van der Waals surface area contributed by atoms with Gasteiger partial charge >= 0.3 is 0 Å². The van der Waals surface area contributed by atoms with Crippen LogP contribution < -0.4 is 18.9 Å². The third-order valence-electron chi connectivity index (χ3n) is 4.04. The molecular formula is C15H18O4. The van der Waals surface area contributed by atoms with Crippen molar-refractivity contribution in [2.75, 3.05) is 28.4 Å². The fourth-order valence-corrected chi connectivity index (χ4v) is 3.33. The van der Waals surface area contributed by atoms with Crippen LogP contribution >= 0.6 is 0 Å². The van der Waals surface area contributed by atoms with Crippen molar-refractivity contribution >= 4 is 0 Å². The lowest BCUT2D eigenvalue weighted by Crippen LogP contribution is -2.06. The van der Waals surface area contributed by atoms with Gasteiger partial charge in [0.15, 0.2) is 11.5 Å². The van der Waals surface area contributed by atoms with Crippen LogP contribution in [0, 0.1) is 0 Å². The summed E-state index contributed by atoms with van der Waals surface area (Å²) in [7, 11) is 6.57. The van der Waals surface area contributed by atoms with E-state index in [-0.39, 0.29) is 0 Å². The van der Waals surface area contributed by atoms with Crippen LogP contribution in [0.1, 0.15) is 29.4 Å². The van der Waals surface area contributed by atoms with Gasteiger partial charge in [0.25, 0.3) is 0 Å². The molecule has 0 saturated carbocycles. The van der Waals surface area contributed by atoms with Gasteiger partial charge in [0.05, 0.1) is 28.4 Å². The molecule has 0 radical (unpaired) electrons. The Morgan fingerprint density at radius 2 is 1.05 bits per heavy atom. The molecule has 1 aromatic carbocycles. The van der Waals surface area contributed by atoms with Gasteiger partial charge in [0.1, 0.15) is 0 Å². The molecule has 1 aromatic rings. The Morgan fingerprint density at radius 3 is 1.37 bits per heavy atom. The standard InChI is InChI=1S/C15H18O4/c1-16-12-10-8-5-6-9(7-8)11(10)13(17-2)15(19-4)14(12)18-3/h5-6,8-9H,7H2,1-4H3. The molecule has 0 fully saturated rings. The summed E-state index contributed by atoms with van der Waals surface area (Å²) in [6, 6.07) is 0. The molecule has 102 valence electrons. The minimum Gasteiger partial charge on any atom is -0.492 e. The number of methoxy groups -OCH3 is 4. The molecule has 2 aliphatic rings. The van der Waals surface area contributed by atoms with Crippen molar-refractivity contribution in [3.8, 4) is 23.0 Å². The SMILES string of the molecule is COc1c(OC)c(OC)c2c(c1OC)C1C=CC2C1. The predicted molar refractivity (Wildman–Crippen MR) is 71.9 cm³/mol. The maximum atomic E-state index is 5.58. The maximum absolute atomic E-state index is 5.58. The molecule has 0 N–H and O–H groups in total. The van der Waals surface area contributed by atoms with E-state index < -0.39 is 0 Å². The zero-order chi connectivity index (χ0) is 13.6. The van der Waals surface area contributed by atoms with Crippen LogP contribution in [0.3, 0.4) is 0 Å². The minimum absolute atomic E-state index is 0.392. The van der Waals surface area contributed by atoms with E-state index in [2.05, 4.69) is 12.2 Å². The van der Waals surface area contributed by atoms with Gasteiger partial charge in [-0.15, -0.1) is 0 Å². The second-order valence-corrected chi connectivity index (χ2v) is 4.79. The number of benzene rings is 1. The van der Waals surface area contributed by atoms with Crippen molar-refractivity contribution in [1.29, 1.82) is 0 Å². The lowest BCUT2D eigenvalue weighted by molar-refractivity contribution is 0.302. The van der Waals surface area contributed by atoms with E-state index in [0.717, 1.165) is 17.9 Å². The summed E-state index contributed by atoms with van der Waals surface area (Å²) >= 11 is 0. The van der Waals surface area contributed by atoms with Crippen LogP contribution in [0.4, 0.5) is 0 Å². The summed E-state index contributed by atoms with van der Waals surface area (Å²) in [5.74, 6) is 3.55. The number of rotatable bonds is 4. The monoisotopic (exact) mass is 262 g/mol. The van der Waals surface area contributed by atoms with Crippen LogP contribution in [0.5, 0.6) is 23.0 Å². The fraction of sp³-hybridized carbons (Fsp3) is 0.467. The Labute approximate surface area is 112 Å². The molecule has 2 unspecified atom stereocenters. The molecule has 0 saturated heterocycles. The Bertz CT molecular complexity index is 501. The zero-order valence-corrected chi connectivity index (χ0v) is 11.6. The second kappa shape index (κ2) is 4.37. The van der Waals surface area contributed by atoms with E-state index >= 15 is 0 Å². The van der Waals surface area contributed by atoms with E-state index in [1.54, 1.807) is 28.4 Å². The molecule has 0 heterocycles. The number of hydrogen-bond donors (Lipinski definition) is 0. The van der Waals surface area contributed by atoms with Gasteiger partial charge in [0, 0.05) is 23.0 Å². The molecule has 2 aliphatic carbocycles. The first-order valence-electron chi connectivity index (χ1n) is 6.34. The van der Waals surface area contributed by atoms with Crippen molar-refractivity contribution in [1.82, 2.24) is 0 Å². The lowest BCUT2D eigenvalue weighted by atomic mass is 9.93.